The van der Waals surface area contributed by atoms with E-state index in [9.17, 15) is 39.3 Å². The van der Waals surface area contributed by atoms with Gasteiger partial charge in [0.1, 0.15) is 0 Å². The summed E-state index contributed by atoms with van der Waals surface area (Å²) < 4.78 is 9.88. The number of aliphatic hydroxyl groups excluding tert-OH is 2. The van der Waals surface area contributed by atoms with Gasteiger partial charge in [0, 0.05) is 6.08 Å². The Morgan fingerprint density at radius 3 is 1.66 bits per heavy atom. The third-order valence-corrected chi connectivity index (χ3v) is 4.41. The zero-order chi connectivity index (χ0) is 24.7. The number of hydrogen-bond acceptors (Lipinski definition) is 10. The number of cyclic esters (lactones) is 1. The maximum absolute atomic E-state index is 13.2. The van der Waals surface area contributed by atoms with Gasteiger partial charge in [0.2, 0.25) is 29.0 Å². The Bertz CT molecular complexity index is 939. The third-order valence-electron chi connectivity index (χ3n) is 4.41. The Kier molecular flexibility index (Phi) is 8.60. The lowest BCUT2D eigenvalue weighted by Crippen LogP contribution is -2.73. The molecule has 0 aliphatic carbocycles. The van der Waals surface area contributed by atoms with Crippen molar-refractivity contribution in [1.82, 2.24) is 0 Å². The van der Waals surface area contributed by atoms with E-state index < -0.39 is 58.1 Å². The van der Waals surface area contributed by atoms with Crippen molar-refractivity contribution >= 4 is 29.3 Å². The Morgan fingerprint density at radius 2 is 1.28 bits per heavy atom. The summed E-state index contributed by atoms with van der Waals surface area (Å²) >= 11 is 0. The Balaban J connectivity index is 4.18. The van der Waals surface area contributed by atoms with Gasteiger partial charge in [-0.25, -0.2) is 9.59 Å². The summed E-state index contributed by atoms with van der Waals surface area (Å²) in [5, 5.41) is 31.6. The topological polar surface area (TPSA) is 164 Å². The zero-order valence-electron chi connectivity index (χ0n) is 17.9. The fourth-order valence-corrected chi connectivity index (χ4v) is 3.03. The van der Waals surface area contributed by atoms with E-state index in [1.54, 1.807) is 0 Å². The van der Waals surface area contributed by atoms with Gasteiger partial charge in [-0.05, 0) is 45.9 Å². The van der Waals surface area contributed by atoms with E-state index in [0.717, 1.165) is 42.5 Å². The Labute approximate surface area is 183 Å². The first kappa shape index (κ1) is 26.2. The van der Waals surface area contributed by atoms with Crippen LogP contribution in [0.4, 0.5) is 0 Å². The molecule has 0 unspecified atom stereocenters. The smallest absolute Gasteiger partial charge is 0.378 e. The molecular weight excluding hydrogens is 424 g/mol. The average Bonchev–Trinajstić information content (AvgIpc) is 2.99. The van der Waals surface area contributed by atoms with Crippen molar-refractivity contribution in [1.29, 1.82) is 0 Å². The van der Waals surface area contributed by atoms with Crippen molar-refractivity contribution in [3.05, 3.63) is 60.1 Å². The highest BCUT2D eigenvalue weighted by Gasteiger charge is 2.72. The van der Waals surface area contributed by atoms with Gasteiger partial charge >= 0.3 is 11.9 Å². The highest BCUT2D eigenvalue weighted by atomic mass is 16.6. The van der Waals surface area contributed by atoms with Crippen LogP contribution in [0.3, 0.4) is 0 Å². The van der Waals surface area contributed by atoms with Crippen molar-refractivity contribution in [2.24, 2.45) is 0 Å². The molecule has 0 aromatic carbocycles. The Morgan fingerprint density at radius 1 is 0.844 bits per heavy atom. The summed E-state index contributed by atoms with van der Waals surface area (Å²) in [5.74, 6) is -9.68. The number of ether oxygens (including phenoxy) is 2. The van der Waals surface area contributed by atoms with Crippen LogP contribution in [0, 0.1) is 0 Å². The number of aliphatic hydroxyl groups is 3. The third kappa shape index (κ3) is 4.30. The van der Waals surface area contributed by atoms with Crippen molar-refractivity contribution in [2.45, 2.75) is 45.0 Å². The number of esters is 2. The van der Waals surface area contributed by atoms with Gasteiger partial charge in [0.15, 0.2) is 11.5 Å². The number of allylic oxidation sites excluding steroid dienone is 4. The van der Waals surface area contributed by atoms with Crippen molar-refractivity contribution in [2.75, 3.05) is 0 Å². The molecule has 10 nitrogen and oxygen atoms in total. The second kappa shape index (κ2) is 10.5. The molecule has 0 radical (unpaired) electrons. The molecule has 0 fully saturated rings. The maximum Gasteiger partial charge on any atom is 0.378 e. The van der Waals surface area contributed by atoms with Gasteiger partial charge in [-0.15, -0.1) is 0 Å². The molecule has 1 aliphatic rings. The van der Waals surface area contributed by atoms with Gasteiger partial charge in [0.25, 0.3) is 5.60 Å². The number of carbonyl (C=O) groups excluding carboxylic acids is 5. The number of ketones is 3. The summed E-state index contributed by atoms with van der Waals surface area (Å²) in [5.41, 5.74) is -6.85. The van der Waals surface area contributed by atoms with Gasteiger partial charge in [-0.2, -0.15) is 0 Å². The number of carbonyl (C=O) groups is 5. The van der Waals surface area contributed by atoms with E-state index in [1.165, 1.54) is 33.8 Å². The average molecular weight is 448 g/mol. The Hall–Kier alpha value is -3.79. The van der Waals surface area contributed by atoms with Gasteiger partial charge in [-0.1, -0.05) is 24.3 Å². The fourth-order valence-electron chi connectivity index (χ4n) is 3.03. The van der Waals surface area contributed by atoms with E-state index in [4.69, 9.17) is 9.47 Å². The minimum absolute atomic E-state index is 0.723. The molecule has 0 bridgehead atoms. The lowest BCUT2D eigenvalue weighted by Gasteiger charge is -2.43. The molecule has 10 heteroatoms. The predicted octanol–water partition coefficient (Wildman–Crippen LogP) is 1.26. The first-order chi connectivity index (χ1) is 15.0. The molecule has 0 spiro atoms. The maximum atomic E-state index is 13.2. The van der Waals surface area contributed by atoms with Crippen LogP contribution < -0.4 is 0 Å². The second-order valence-corrected chi connectivity index (χ2v) is 6.48. The molecule has 1 rings (SSSR count). The summed E-state index contributed by atoms with van der Waals surface area (Å²) in [4.78, 5) is 63.8. The lowest BCUT2D eigenvalue weighted by molar-refractivity contribution is -0.212. The quantitative estimate of drug-likeness (QED) is 0.252. The monoisotopic (exact) mass is 448 g/mol. The molecule has 2 atom stereocenters. The summed E-state index contributed by atoms with van der Waals surface area (Å²) in [6, 6.07) is 0. The molecular formula is C22H24O10. The molecule has 0 saturated heterocycles. The molecule has 0 aromatic rings. The summed E-state index contributed by atoms with van der Waals surface area (Å²) in [7, 11) is 0. The van der Waals surface area contributed by atoms with Gasteiger partial charge < -0.3 is 24.8 Å². The molecule has 3 N–H and O–H groups in total. The summed E-state index contributed by atoms with van der Waals surface area (Å²) in [6.07, 6.45) is 5.24. The standard InChI is InChI=1S/C22H24O10/c1-5-9-13(23)21(30,19-17(27)18(28)20(29)31-19)22(14(24)10-6-2,15(25)11-7-3)32-16(26)12-8-4/h5-12,19,27-28,30H,1-4H3/b9-5+,10-6+,11-7+,12-8+/t19-,21+/m0/s1. The predicted molar refractivity (Wildman–Crippen MR) is 110 cm³/mol. The number of rotatable bonds is 10. The van der Waals surface area contributed by atoms with Crippen LogP contribution in [0.2, 0.25) is 0 Å². The second-order valence-electron chi connectivity index (χ2n) is 6.48. The van der Waals surface area contributed by atoms with Crippen LogP contribution in [-0.4, -0.2) is 61.9 Å². The van der Waals surface area contributed by atoms with Crippen molar-refractivity contribution < 1.29 is 48.8 Å². The SMILES string of the molecule is C/C=C/C(=O)OC(C(=O)/C=C/C)(C(=O)/C=C/C)[C@@](O)(C(=O)/C=C/C)[C@H]1OC(=O)C(O)=C1O. The van der Waals surface area contributed by atoms with Crippen molar-refractivity contribution in [3.63, 3.8) is 0 Å². The zero-order valence-corrected chi connectivity index (χ0v) is 17.9. The molecule has 172 valence electrons. The van der Waals surface area contributed by atoms with E-state index in [1.807, 2.05) is 0 Å². The van der Waals surface area contributed by atoms with E-state index in [2.05, 4.69) is 0 Å². The minimum atomic E-state index is -3.51. The van der Waals surface area contributed by atoms with Crippen LogP contribution in [-0.2, 0) is 33.4 Å². The largest absolute Gasteiger partial charge is 0.505 e. The fraction of sp³-hybridized carbons (Fsp3) is 0.318. The molecule has 1 aliphatic heterocycles. The minimum Gasteiger partial charge on any atom is -0.505 e. The van der Waals surface area contributed by atoms with Crippen LogP contribution in [0.1, 0.15) is 27.7 Å². The first-order valence-electron chi connectivity index (χ1n) is 9.41. The van der Waals surface area contributed by atoms with E-state index >= 15 is 0 Å². The van der Waals surface area contributed by atoms with Gasteiger partial charge in [-0.3, -0.25) is 14.4 Å². The van der Waals surface area contributed by atoms with Crippen LogP contribution in [0.15, 0.2) is 60.1 Å². The first-order valence-corrected chi connectivity index (χ1v) is 9.41. The highest BCUT2D eigenvalue weighted by molar-refractivity contribution is 6.25. The molecule has 32 heavy (non-hydrogen) atoms. The van der Waals surface area contributed by atoms with Crippen LogP contribution in [0.5, 0.6) is 0 Å². The summed E-state index contributed by atoms with van der Waals surface area (Å²) in [6.45, 7) is 5.54. The van der Waals surface area contributed by atoms with Crippen molar-refractivity contribution in [3.8, 4) is 0 Å². The normalized spacial score (nSPS) is 19.2. The van der Waals surface area contributed by atoms with E-state index in [-0.39, 0.29) is 0 Å². The van der Waals surface area contributed by atoms with Crippen LogP contribution in [0.25, 0.3) is 0 Å². The van der Waals surface area contributed by atoms with Crippen LogP contribution >= 0.6 is 0 Å². The molecule has 0 amide bonds. The molecule has 1 heterocycles. The van der Waals surface area contributed by atoms with E-state index in [0.29, 0.717) is 0 Å². The number of hydrogen-bond donors (Lipinski definition) is 3. The lowest BCUT2D eigenvalue weighted by atomic mass is 9.69. The molecule has 0 saturated carbocycles. The van der Waals surface area contributed by atoms with Gasteiger partial charge in [0.05, 0.1) is 0 Å². The molecule has 0 aromatic heterocycles. The highest BCUT2D eigenvalue weighted by Crippen LogP contribution is 2.41.